The minimum absolute atomic E-state index is 0.0357. The molecule has 1 saturated heterocycles. The molecule has 1 aliphatic carbocycles. The zero-order chi connectivity index (χ0) is 31.3. The van der Waals surface area contributed by atoms with E-state index in [4.69, 9.17) is 31.5 Å². The third-order valence-electron chi connectivity index (χ3n) is 7.33. The second-order valence-electron chi connectivity index (χ2n) is 12.4. The lowest BCUT2D eigenvalue weighted by Crippen LogP contribution is -2.40. The first-order chi connectivity index (χ1) is 20.5. The van der Waals surface area contributed by atoms with Gasteiger partial charge in [-0.1, -0.05) is 36.9 Å². The van der Waals surface area contributed by atoms with Gasteiger partial charge in [-0.25, -0.2) is 14.8 Å². The summed E-state index contributed by atoms with van der Waals surface area (Å²) in [6, 6.07) is 10.7. The molecule has 1 aliphatic heterocycles. The van der Waals surface area contributed by atoms with Crippen LogP contribution in [0.15, 0.2) is 30.5 Å². The number of aromatic nitrogens is 2. The number of nitrogen functional groups attached to an aromatic ring is 1. The minimum Gasteiger partial charge on any atom is -0.458 e. The molecule has 4 N–H and O–H groups in total. The summed E-state index contributed by atoms with van der Waals surface area (Å²) in [5, 5.41) is 16.8. The van der Waals surface area contributed by atoms with Crippen LogP contribution in [0.3, 0.4) is 0 Å². The molecule has 1 saturated carbocycles. The van der Waals surface area contributed by atoms with Gasteiger partial charge in [0.1, 0.15) is 23.8 Å². The van der Waals surface area contributed by atoms with Gasteiger partial charge in [0.15, 0.2) is 0 Å². The topological polar surface area (TPSA) is 144 Å². The molecule has 43 heavy (non-hydrogen) atoms. The number of carbonyl (C=O) groups is 1. The molecule has 0 radical (unpaired) electrons. The molecule has 0 spiro atoms. The summed E-state index contributed by atoms with van der Waals surface area (Å²) in [5.74, 6) is 0.789. The highest BCUT2D eigenvalue weighted by molar-refractivity contribution is 6.33. The number of rotatable bonds is 10. The molecule has 3 heterocycles. The van der Waals surface area contributed by atoms with Gasteiger partial charge in [-0.2, -0.15) is 5.26 Å². The molecular weight excluding hydrogens is 568 g/mol. The molecule has 1 atom stereocenters. The van der Waals surface area contributed by atoms with Crippen LogP contribution in [0.5, 0.6) is 0 Å². The number of hydrogen-bond donors (Lipinski definition) is 3. The number of esters is 1. The highest BCUT2D eigenvalue weighted by atomic mass is 35.5. The Hall–Kier alpha value is -2.97. The molecule has 0 bridgehead atoms. The highest BCUT2D eigenvalue weighted by Crippen LogP contribution is 2.31. The second-order valence-corrected chi connectivity index (χ2v) is 12.8. The number of pyridine rings is 2. The van der Waals surface area contributed by atoms with E-state index >= 15 is 0 Å². The van der Waals surface area contributed by atoms with Crippen molar-refractivity contribution in [3.8, 4) is 17.3 Å². The molecule has 4 rings (SSSR count). The van der Waals surface area contributed by atoms with Gasteiger partial charge in [-0.15, -0.1) is 0 Å². The van der Waals surface area contributed by atoms with Crippen molar-refractivity contribution >= 4 is 29.2 Å². The van der Waals surface area contributed by atoms with Gasteiger partial charge in [-0.05, 0) is 71.6 Å². The Kier molecular flexibility index (Phi) is 13.5. The summed E-state index contributed by atoms with van der Waals surface area (Å²) < 4.78 is 15.9. The standard InChI is InChI=1S/C17H18ClN5O.C15H29NO3/c18-13-9-21-15(20)8-12(13)14-2-1-3-16(23-14)22-11-17(10-19)4-6-24-7-5-17;1-12(16-13-8-6-5-7-9-13)10-18-11-14(17)19-15(2,3)4/h1-3,8-9H,4-7,11H2,(H2,20,21)(H,22,23);12-13,16H,5-11H2,1-4H3/t;12-/m.1/s1. The molecule has 2 aromatic heterocycles. The van der Waals surface area contributed by atoms with E-state index in [9.17, 15) is 10.1 Å². The van der Waals surface area contributed by atoms with E-state index in [1.807, 2.05) is 39.0 Å². The molecule has 0 amide bonds. The van der Waals surface area contributed by atoms with Crippen LogP contribution >= 0.6 is 11.6 Å². The normalized spacial score (nSPS) is 17.6. The van der Waals surface area contributed by atoms with Crippen molar-refractivity contribution in [1.29, 1.82) is 5.26 Å². The number of hydrogen-bond acceptors (Lipinski definition) is 10. The maximum Gasteiger partial charge on any atom is 0.332 e. The Morgan fingerprint density at radius 2 is 1.98 bits per heavy atom. The van der Waals surface area contributed by atoms with Gasteiger partial charge in [-0.3, -0.25) is 0 Å². The van der Waals surface area contributed by atoms with Crippen LogP contribution in [-0.2, 0) is 19.0 Å². The van der Waals surface area contributed by atoms with E-state index in [1.54, 1.807) is 6.07 Å². The largest absolute Gasteiger partial charge is 0.458 e. The Morgan fingerprint density at radius 1 is 1.26 bits per heavy atom. The highest BCUT2D eigenvalue weighted by Gasteiger charge is 2.32. The van der Waals surface area contributed by atoms with Gasteiger partial charge >= 0.3 is 5.97 Å². The monoisotopic (exact) mass is 614 g/mol. The van der Waals surface area contributed by atoms with Gasteiger partial charge < -0.3 is 30.6 Å². The number of nitrogens with zero attached hydrogens (tertiary/aromatic N) is 3. The molecule has 0 unspecified atom stereocenters. The first-order valence-electron chi connectivity index (χ1n) is 15.2. The first kappa shape index (κ1) is 34.5. The Balaban J connectivity index is 0.000000243. The Morgan fingerprint density at radius 3 is 2.65 bits per heavy atom. The van der Waals surface area contributed by atoms with Crippen molar-refractivity contribution in [2.45, 2.75) is 90.3 Å². The van der Waals surface area contributed by atoms with E-state index < -0.39 is 11.0 Å². The van der Waals surface area contributed by atoms with Gasteiger partial charge in [0, 0.05) is 43.6 Å². The Bertz CT molecular complexity index is 1200. The summed E-state index contributed by atoms with van der Waals surface area (Å²) in [4.78, 5) is 20.0. The van der Waals surface area contributed by atoms with Gasteiger partial charge in [0.25, 0.3) is 0 Å². The van der Waals surface area contributed by atoms with Crippen molar-refractivity contribution in [3.63, 3.8) is 0 Å². The quantitative estimate of drug-likeness (QED) is 0.282. The van der Waals surface area contributed by atoms with E-state index in [1.165, 1.54) is 38.3 Å². The third kappa shape index (κ3) is 12.3. The van der Waals surface area contributed by atoms with Crippen molar-refractivity contribution in [2.75, 3.05) is 44.0 Å². The van der Waals surface area contributed by atoms with Crippen LogP contribution in [0, 0.1) is 16.7 Å². The molecular formula is C32H47ClN6O4. The van der Waals surface area contributed by atoms with Crippen molar-refractivity contribution in [3.05, 3.63) is 35.5 Å². The van der Waals surface area contributed by atoms with Crippen LogP contribution in [0.25, 0.3) is 11.3 Å². The second kappa shape index (κ2) is 16.8. The zero-order valence-electron chi connectivity index (χ0n) is 26.0. The van der Waals surface area contributed by atoms with E-state index in [2.05, 4.69) is 33.6 Å². The Labute approximate surface area is 261 Å². The third-order valence-corrected chi connectivity index (χ3v) is 7.63. The molecule has 10 nitrogen and oxygen atoms in total. The van der Waals surface area contributed by atoms with Crippen molar-refractivity contribution in [2.24, 2.45) is 5.41 Å². The lowest BCUT2D eigenvalue weighted by atomic mass is 9.82. The number of carbonyl (C=O) groups excluding carboxylic acids is 1. The van der Waals surface area contributed by atoms with Gasteiger partial charge in [0.05, 0.1) is 28.8 Å². The fraction of sp³-hybridized carbons (Fsp3) is 0.625. The van der Waals surface area contributed by atoms with Crippen LogP contribution in [0.1, 0.15) is 72.6 Å². The van der Waals surface area contributed by atoms with Crippen LogP contribution < -0.4 is 16.4 Å². The van der Waals surface area contributed by atoms with Crippen molar-refractivity contribution < 1.29 is 19.0 Å². The van der Waals surface area contributed by atoms with E-state index in [-0.39, 0.29) is 18.6 Å². The average Bonchev–Trinajstić information content (AvgIpc) is 2.98. The van der Waals surface area contributed by atoms with Gasteiger partial charge in [0.2, 0.25) is 0 Å². The molecule has 2 fully saturated rings. The lowest BCUT2D eigenvalue weighted by molar-refractivity contribution is -0.160. The number of halogens is 1. The zero-order valence-corrected chi connectivity index (χ0v) is 26.7. The smallest absolute Gasteiger partial charge is 0.332 e. The predicted octanol–water partition coefficient (Wildman–Crippen LogP) is 5.77. The van der Waals surface area contributed by atoms with E-state index in [0.717, 1.165) is 18.4 Å². The molecule has 236 valence electrons. The summed E-state index contributed by atoms with van der Waals surface area (Å²) in [5.41, 5.74) is 6.32. The molecule has 2 aromatic rings. The van der Waals surface area contributed by atoms with Crippen LogP contribution in [-0.4, -0.2) is 66.6 Å². The fourth-order valence-corrected chi connectivity index (χ4v) is 5.29. The van der Waals surface area contributed by atoms with Crippen molar-refractivity contribution in [1.82, 2.24) is 15.3 Å². The lowest BCUT2D eigenvalue weighted by Gasteiger charge is -2.30. The molecule has 2 aliphatic rings. The average molecular weight is 615 g/mol. The summed E-state index contributed by atoms with van der Waals surface area (Å²) >= 11 is 6.19. The predicted molar refractivity (Wildman–Crippen MR) is 170 cm³/mol. The fourth-order valence-electron chi connectivity index (χ4n) is 5.09. The molecule has 0 aromatic carbocycles. The summed E-state index contributed by atoms with van der Waals surface area (Å²) in [6.45, 7) is 10.0. The number of nitrogens with one attached hydrogen (secondary N) is 2. The summed E-state index contributed by atoms with van der Waals surface area (Å²) in [7, 11) is 0. The number of nitriles is 1. The van der Waals surface area contributed by atoms with Crippen LogP contribution in [0.4, 0.5) is 11.6 Å². The summed E-state index contributed by atoms with van der Waals surface area (Å²) in [6.07, 6.45) is 9.49. The minimum atomic E-state index is -0.438. The SMILES string of the molecule is C[C@H](COCC(=O)OC(C)(C)C)NC1CCCCC1.N#CC1(CNc2cccc(-c3cc(N)ncc3Cl)n2)CCOCC1. The number of nitrogens with two attached hydrogens (primary N) is 1. The first-order valence-corrected chi connectivity index (χ1v) is 15.5. The number of anilines is 2. The van der Waals surface area contributed by atoms with E-state index in [0.29, 0.717) is 54.8 Å². The maximum atomic E-state index is 11.5. The van der Waals surface area contributed by atoms with Crippen LogP contribution in [0.2, 0.25) is 5.02 Å². The number of ether oxygens (including phenoxy) is 3. The maximum absolute atomic E-state index is 11.5. The molecule has 11 heteroatoms.